The van der Waals surface area contributed by atoms with Crippen LogP contribution in [0.25, 0.3) is 0 Å². The number of hydrogen-bond donors (Lipinski definition) is 1. The highest BCUT2D eigenvalue weighted by Crippen LogP contribution is 2.30. The van der Waals surface area contributed by atoms with Crippen molar-refractivity contribution >= 4 is 15.9 Å². The number of hydrogen-bond acceptors (Lipinski definition) is 2. The van der Waals surface area contributed by atoms with E-state index in [1.807, 2.05) is 11.7 Å². The van der Waals surface area contributed by atoms with E-state index in [1.54, 1.807) is 6.20 Å². The maximum atomic E-state index is 6.42. The Hall–Kier alpha value is -1.13. The minimum atomic E-state index is -0.160. The van der Waals surface area contributed by atoms with Gasteiger partial charge in [-0.25, -0.2) is 0 Å². The first-order chi connectivity index (χ1) is 8.41. The van der Waals surface area contributed by atoms with Crippen LogP contribution in [0.4, 0.5) is 0 Å². The van der Waals surface area contributed by atoms with Crippen molar-refractivity contribution in [3.05, 3.63) is 50.8 Å². The molecule has 0 saturated heterocycles. The second-order valence-corrected chi connectivity index (χ2v) is 5.65. The third kappa shape index (κ3) is 2.22. The summed E-state index contributed by atoms with van der Waals surface area (Å²) in [6.45, 7) is 6.33. The van der Waals surface area contributed by atoms with Gasteiger partial charge in [-0.2, -0.15) is 5.10 Å². The lowest BCUT2D eigenvalue weighted by molar-refractivity contribution is 0.667. The van der Waals surface area contributed by atoms with Gasteiger partial charge in [0.15, 0.2) is 0 Å². The zero-order chi connectivity index (χ0) is 13.4. The molecule has 2 rings (SSSR count). The highest BCUT2D eigenvalue weighted by Gasteiger charge is 2.20. The Bertz CT molecular complexity index is 544. The zero-order valence-electron chi connectivity index (χ0n) is 11.2. The van der Waals surface area contributed by atoms with Crippen LogP contribution in [0.3, 0.4) is 0 Å². The van der Waals surface area contributed by atoms with Gasteiger partial charge in [-0.1, -0.05) is 17.7 Å². The van der Waals surface area contributed by atoms with Crippen LogP contribution < -0.4 is 5.73 Å². The molecule has 18 heavy (non-hydrogen) atoms. The number of nitrogens with two attached hydrogens (primary N) is 1. The second-order valence-electron chi connectivity index (χ2n) is 4.79. The molecule has 1 heterocycles. The molecule has 0 spiro atoms. The van der Waals surface area contributed by atoms with E-state index in [9.17, 15) is 0 Å². The second kappa shape index (κ2) is 4.86. The van der Waals surface area contributed by atoms with Crippen LogP contribution in [0.1, 0.15) is 34.0 Å². The first-order valence-corrected chi connectivity index (χ1v) is 6.72. The summed E-state index contributed by atoms with van der Waals surface area (Å²) in [5, 5.41) is 4.23. The smallest absolute Gasteiger partial charge is 0.0739 e. The van der Waals surface area contributed by atoms with Gasteiger partial charge in [-0.15, -0.1) is 0 Å². The summed E-state index contributed by atoms with van der Waals surface area (Å²) < 4.78 is 2.78. The molecule has 4 heteroatoms. The Kier molecular flexibility index (Phi) is 3.59. The normalized spacial score (nSPS) is 12.8. The molecule has 0 aliphatic carbocycles. The quantitative estimate of drug-likeness (QED) is 0.926. The lowest BCUT2D eigenvalue weighted by atomic mass is 9.93. The van der Waals surface area contributed by atoms with Crippen LogP contribution in [0.15, 0.2) is 22.8 Å². The molecule has 0 aliphatic rings. The van der Waals surface area contributed by atoms with E-state index in [4.69, 9.17) is 5.73 Å². The van der Waals surface area contributed by atoms with Crippen molar-refractivity contribution in [3.63, 3.8) is 0 Å². The van der Waals surface area contributed by atoms with E-state index in [-0.39, 0.29) is 6.04 Å². The average molecular weight is 308 g/mol. The number of halogens is 1. The highest BCUT2D eigenvalue weighted by molar-refractivity contribution is 9.10. The molecule has 0 radical (unpaired) electrons. The third-order valence-electron chi connectivity index (χ3n) is 3.28. The van der Waals surface area contributed by atoms with Crippen LogP contribution in [0, 0.1) is 20.8 Å². The van der Waals surface area contributed by atoms with Gasteiger partial charge in [0.25, 0.3) is 0 Å². The zero-order valence-corrected chi connectivity index (χ0v) is 12.7. The summed E-state index contributed by atoms with van der Waals surface area (Å²) in [5.41, 5.74) is 12.3. The molecule has 0 bridgehead atoms. The van der Waals surface area contributed by atoms with E-state index in [0.29, 0.717) is 0 Å². The molecular formula is C14H18BrN3. The summed E-state index contributed by atoms with van der Waals surface area (Å²) >= 11 is 3.52. The lowest BCUT2D eigenvalue weighted by Crippen LogP contribution is -2.19. The largest absolute Gasteiger partial charge is 0.319 e. The van der Waals surface area contributed by atoms with E-state index in [1.165, 1.54) is 22.3 Å². The molecule has 2 N–H and O–H groups in total. The maximum Gasteiger partial charge on any atom is 0.0739 e. The number of aryl methyl sites for hydroxylation is 4. The number of benzene rings is 1. The molecule has 0 fully saturated rings. The molecule has 3 nitrogen and oxygen atoms in total. The maximum absolute atomic E-state index is 6.42. The molecule has 1 atom stereocenters. The van der Waals surface area contributed by atoms with Crippen molar-refractivity contribution in [2.24, 2.45) is 12.8 Å². The van der Waals surface area contributed by atoms with Crippen LogP contribution in [-0.2, 0) is 7.05 Å². The van der Waals surface area contributed by atoms with Crippen LogP contribution >= 0.6 is 15.9 Å². The molecule has 0 aliphatic heterocycles. The molecule has 1 unspecified atom stereocenters. The van der Waals surface area contributed by atoms with Crippen LogP contribution in [0.5, 0.6) is 0 Å². The van der Waals surface area contributed by atoms with Crippen LogP contribution in [-0.4, -0.2) is 9.78 Å². The monoisotopic (exact) mass is 307 g/mol. The molecule has 1 aromatic carbocycles. The van der Waals surface area contributed by atoms with E-state index in [2.05, 4.69) is 53.9 Å². The first kappa shape index (κ1) is 13.3. The van der Waals surface area contributed by atoms with Crippen molar-refractivity contribution in [2.75, 3.05) is 0 Å². The standard InChI is InChI=1S/C14H18BrN3/c1-8-5-9(2)12(10(3)6-8)13(16)14-11(15)7-17-18(14)4/h5-7,13H,16H2,1-4H3. The van der Waals surface area contributed by atoms with Gasteiger partial charge in [0.2, 0.25) is 0 Å². The summed E-state index contributed by atoms with van der Waals surface area (Å²) in [6, 6.07) is 4.19. The first-order valence-electron chi connectivity index (χ1n) is 5.92. The SMILES string of the molecule is Cc1cc(C)c(C(N)c2c(Br)cnn2C)c(C)c1. The van der Waals surface area contributed by atoms with Crippen molar-refractivity contribution in [2.45, 2.75) is 26.8 Å². The fraction of sp³-hybridized carbons (Fsp3) is 0.357. The van der Waals surface area contributed by atoms with Crippen molar-refractivity contribution in [1.82, 2.24) is 9.78 Å². The van der Waals surface area contributed by atoms with Gasteiger partial charge in [0.1, 0.15) is 0 Å². The van der Waals surface area contributed by atoms with Crippen LogP contribution in [0.2, 0.25) is 0 Å². The van der Waals surface area contributed by atoms with Gasteiger partial charge < -0.3 is 5.73 Å². The number of nitrogens with zero attached hydrogens (tertiary/aromatic N) is 2. The highest BCUT2D eigenvalue weighted by atomic mass is 79.9. The minimum absolute atomic E-state index is 0.160. The van der Waals surface area contributed by atoms with E-state index >= 15 is 0 Å². The molecule has 1 aromatic heterocycles. The fourth-order valence-electron chi connectivity index (χ4n) is 2.59. The van der Waals surface area contributed by atoms with Gasteiger partial charge in [0, 0.05) is 7.05 Å². The molecule has 0 amide bonds. The van der Waals surface area contributed by atoms with Crippen molar-refractivity contribution in [1.29, 1.82) is 0 Å². The number of rotatable bonds is 2. The average Bonchev–Trinajstić information content (AvgIpc) is 2.56. The van der Waals surface area contributed by atoms with Gasteiger partial charge in [0.05, 0.1) is 22.4 Å². The molecule has 96 valence electrons. The Morgan fingerprint density at radius 2 is 1.78 bits per heavy atom. The Morgan fingerprint density at radius 3 is 2.22 bits per heavy atom. The fourth-order valence-corrected chi connectivity index (χ4v) is 3.18. The van der Waals surface area contributed by atoms with Crippen molar-refractivity contribution < 1.29 is 0 Å². The molecule has 2 aromatic rings. The van der Waals surface area contributed by atoms with E-state index < -0.39 is 0 Å². The Balaban J connectivity index is 2.56. The summed E-state index contributed by atoms with van der Waals surface area (Å²) in [4.78, 5) is 0. The third-order valence-corrected chi connectivity index (χ3v) is 3.89. The summed E-state index contributed by atoms with van der Waals surface area (Å²) in [6.07, 6.45) is 1.79. The Morgan fingerprint density at radius 1 is 1.22 bits per heavy atom. The summed E-state index contributed by atoms with van der Waals surface area (Å²) in [5.74, 6) is 0. The van der Waals surface area contributed by atoms with Gasteiger partial charge in [-0.05, 0) is 53.4 Å². The van der Waals surface area contributed by atoms with Gasteiger partial charge in [-0.3, -0.25) is 4.68 Å². The van der Waals surface area contributed by atoms with Gasteiger partial charge >= 0.3 is 0 Å². The Labute approximate surface area is 116 Å². The summed E-state index contributed by atoms with van der Waals surface area (Å²) in [7, 11) is 1.92. The van der Waals surface area contributed by atoms with Crippen molar-refractivity contribution in [3.8, 4) is 0 Å². The molecular weight excluding hydrogens is 290 g/mol. The number of aromatic nitrogens is 2. The topological polar surface area (TPSA) is 43.8 Å². The van der Waals surface area contributed by atoms with E-state index in [0.717, 1.165) is 10.2 Å². The minimum Gasteiger partial charge on any atom is -0.319 e. The predicted octanol–water partition coefficient (Wildman–Crippen LogP) is 3.16. The lowest BCUT2D eigenvalue weighted by Gasteiger charge is -2.19. The molecule has 0 saturated carbocycles. The predicted molar refractivity (Wildman–Crippen MR) is 77.6 cm³/mol.